The average molecular weight is 234 g/mol. The van der Waals surface area contributed by atoms with Crippen LogP contribution >= 0.6 is 0 Å². The van der Waals surface area contributed by atoms with Crippen molar-refractivity contribution in [3.63, 3.8) is 0 Å². The number of aromatic nitrogens is 1. The largest absolute Gasteiger partial charge is 0.480 e. The summed E-state index contributed by atoms with van der Waals surface area (Å²) in [5.41, 5.74) is -0.861. The third kappa shape index (κ3) is 3.11. The zero-order valence-electron chi connectivity index (χ0n) is 8.32. The highest BCUT2D eigenvalue weighted by Gasteiger charge is 2.30. The van der Waals surface area contributed by atoms with E-state index >= 15 is 0 Å². The summed E-state index contributed by atoms with van der Waals surface area (Å²) in [7, 11) is 1.43. The zero-order valence-corrected chi connectivity index (χ0v) is 8.32. The highest BCUT2D eigenvalue weighted by atomic mass is 19.4. The molecular weight excluding hydrogens is 225 g/mol. The first-order valence-corrected chi connectivity index (χ1v) is 4.27. The van der Waals surface area contributed by atoms with E-state index in [0.29, 0.717) is 6.20 Å². The minimum absolute atomic E-state index is 0.176. The van der Waals surface area contributed by atoms with Crippen LogP contribution in [0, 0.1) is 0 Å². The lowest BCUT2D eigenvalue weighted by Crippen LogP contribution is -2.26. The van der Waals surface area contributed by atoms with E-state index < -0.39 is 17.7 Å². The lowest BCUT2D eigenvalue weighted by molar-refractivity contribution is -0.138. The molecule has 88 valence electrons. The smallest absolute Gasteiger partial charge is 0.417 e. The molecule has 0 spiro atoms. The molecule has 0 aliphatic rings. The number of nitrogens with zero attached hydrogens (tertiary/aromatic N) is 2. The summed E-state index contributed by atoms with van der Waals surface area (Å²) in [4.78, 5) is 15.1. The van der Waals surface area contributed by atoms with Gasteiger partial charge in [-0.15, -0.1) is 0 Å². The fourth-order valence-corrected chi connectivity index (χ4v) is 1.06. The van der Waals surface area contributed by atoms with Crippen molar-refractivity contribution in [1.29, 1.82) is 0 Å². The number of carboxylic acid groups (broad SMARTS) is 1. The number of anilines is 1. The number of likely N-dealkylation sites (N-methyl/N-ethyl adjacent to an activating group) is 1. The molecule has 4 nitrogen and oxygen atoms in total. The summed E-state index contributed by atoms with van der Waals surface area (Å²) in [6, 6.07) is 1.99. The molecule has 1 N–H and O–H groups in total. The number of aliphatic carboxylic acids is 1. The Bertz CT molecular complexity index is 375. The molecule has 0 aliphatic heterocycles. The summed E-state index contributed by atoms with van der Waals surface area (Å²) in [5.74, 6) is -0.903. The van der Waals surface area contributed by atoms with E-state index in [1.807, 2.05) is 0 Å². The maximum absolute atomic E-state index is 12.2. The van der Waals surface area contributed by atoms with Crippen molar-refractivity contribution in [3.05, 3.63) is 23.9 Å². The van der Waals surface area contributed by atoms with Gasteiger partial charge in [0.25, 0.3) is 0 Å². The lowest BCUT2D eigenvalue weighted by Gasteiger charge is -2.15. The van der Waals surface area contributed by atoms with E-state index in [1.165, 1.54) is 11.9 Å². The van der Waals surface area contributed by atoms with Crippen molar-refractivity contribution in [1.82, 2.24) is 4.98 Å². The third-order valence-corrected chi connectivity index (χ3v) is 1.84. The number of pyridine rings is 1. The molecule has 0 amide bonds. The minimum atomic E-state index is -4.43. The number of hydrogen-bond acceptors (Lipinski definition) is 3. The third-order valence-electron chi connectivity index (χ3n) is 1.84. The van der Waals surface area contributed by atoms with Gasteiger partial charge in [-0.05, 0) is 12.1 Å². The first-order valence-electron chi connectivity index (χ1n) is 4.27. The Morgan fingerprint density at radius 1 is 1.50 bits per heavy atom. The van der Waals surface area contributed by atoms with Crippen LogP contribution in [0.3, 0.4) is 0 Å². The van der Waals surface area contributed by atoms with Gasteiger partial charge in [-0.3, -0.25) is 4.79 Å². The molecule has 7 heteroatoms. The van der Waals surface area contributed by atoms with E-state index in [-0.39, 0.29) is 12.4 Å². The minimum Gasteiger partial charge on any atom is -0.480 e. The number of alkyl halides is 3. The van der Waals surface area contributed by atoms with Crippen LogP contribution in [0.4, 0.5) is 19.0 Å². The fraction of sp³-hybridized carbons (Fsp3) is 0.333. The van der Waals surface area contributed by atoms with E-state index in [2.05, 4.69) is 4.98 Å². The topological polar surface area (TPSA) is 53.4 Å². The monoisotopic (exact) mass is 234 g/mol. The second-order valence-electron chi connectivity index (χ2n) is 3.15. The van der Waals surface area contributed by atoms with Gasteiger partial charge in [-0.2, -0.15) is 13.2 Å². The number of halogens is 3. The van der Waals surface area contributed by atoms with Crippen LogP contribution in [-0.2, 0) is 11.0 Å². The standard InChI is InChI=1S/C9H9F3N2O2/c1-14(5-8(15)16)7-3-2-6(4-13-7)9(10,11)12/h2-4H,5H2,1H3,(H,15,16). The Labute approximate surface area is 89.3 Å². The summed E-state index contributed by atoms with van der Waals surface area (Å²) >= 11 is 0. The van der Waals surface area contributed by atoms with Crippen LogP contribution in [0.2, 0.25) is 0 Å². The normalized spacial score (nSPS) is 11.2. The highest BCUT2D eigenvalue weighted by Crippen LogP contribution is 2.29. The molecule has 1 aromatic rings. The van der Waals surface area contributed by atoms with Gasteiger partial charge in [-0.1, -0.05) is 0 Å². The molecular formula is C9H9F3N2O2. The van der Waals surface area contributed by atoms with Gasteiger partial charge in [0, 0.05) is 13.2 Å². The molecule has 0 aliphatic carbocycles. The molecule has 1 aromatic heterocycles. The quantitative estimate of drug-likeness (QED) is 0.863. The van der Waals surface area contributed by atoms with Crippen LogP contribution in [0.5, 0.6) is 0 Å². The van der Waals surface area contributed by atoms with Gasteiger partial charge in [0.1, 0.15) is 12.4 Å². The number of rotatable bonds is 3. The summed E-state index contributed by atoms with van der Waals surface area (Å²) in [6.07, 6.45) is -3.76. The second-order valence-corrected chi connectivity index (χ2v) is 3.15. The van der Waals surface area contributed by atoms with Gasteiger partial charge >= 0.3 is 12.1 Å². The van der Waals surface area contributed by atoms with Crippen LogP contribution in [0.15, 0.2) is 18.3 Å². The maximum atomic E-state index is 12.2. The number of carbonyl (C=O) groups is 1. The molecule has 0 saturated carbocycles. The zero-order chi connectivity index (χ0) is 12.3. The SMILES string of the molecule is CN(CC(=O)O)c1ccc(C(F)(F)F)cn1. The van der Waals surface area contributed by atoms with Gasteiger partial charge in [0.2, 0.25) is 0 Å². The molecule has 0 aromatic carbocycles. The maximum Gasteiger partial charge on any atom is 0.417 e. The van der Waals surface area contributed by atoms with Crippen molar-refractivity contribution in [3.8, 4) is 0 Å². The van der Waals surface area contributed by atoms with Gasteiger partial charge < -0.3 is 10.0 Å². The summed E-state index contributed by atoms with van der Waals surface area (Å²) < 4.78 is 36.5. The van der Waals surface area contributed by atoms with Crippen molar-refractivity contribution >= 4 is 11.8 Å². The van der Waals surface area contributed by atoms with E-state index in [4.69, 9.17) is 5.11 Å². The Kier molecular flexibility index (Phi) is 3.36. The van der Waals surface area contributed by atoms with Crippen molar-refractivity contribution in [2.45, 2.75) is 6.18 Å². The van der Waals surface area contributed by atoms with Gasteiger partial charge in [-0.25, -0.2) is 4.98 Å². The molecule has 0 saturated heterocycles. The van der Waals surface area contributed by atoms with E-state index in [9.17, 15) is 18.0 Å². The summed E-state index contributed by atoms with van der Waals surface area (Å²) in [5, 5.41) is 8.48. The highest BCUT2D eigenvalue weighted by molar-refractivity contribution is 5.72. The molecule has 0 radical (unpaired) electrons. The van der Waals surface area contributed by atoms with Gasteiger partial charge in [0.15, 0.2) is 0 Å². The molecule has 1 heterocycles. The van der Waals surface area contributed by atoms with Crippen LogP contribution < -0.4 is 4.90 Å². The Hall–Kier alpha value is -1.79. The summed E-state index contributed by atoms with van der Waals surface area (Å²) in [6.45, 7) is -0.321. The Morgan fingerprint density at radius 3 is 2.50 bits per heavy atom. The average Bonchev–Trinajstić information content (AvgIpc) is 2.15. The second kappa shape index (κ2) is 4.38. The van der Waals surface area contributed by atoms with E-state index in [0.717, 1.165) is 12.1 Å². The van der Waals surface area contributed by atoms with Crippen LogP contribution in [-0.4, -0.2) is 29.7 Å². The predicted octanol–water partition coefficient (Wildman–Crippen LogP) is 1.62. The van der Waals surface area contributed by atoms with Crippen LogP contribution in [0.25, 0.3) is 0 Å². The van der Waals surface area contributed by atoms with Gasteiger partial charge in [0.05, 0.1) is 5.56 Å². The first-order chi connectivity index (χ1) is 7.30. The molecule has 1 rings (SSSR count). The van der Waals surface area contributed by atoms with Crippen molar-refractivity contribution in [2.75, 3.05) is 18.5 Å². The van der Waals surface area contributed by atoms with Crippen LogP contribution in [0.1, 0.15) is 5.56 Å². The molecule has 0 atom stereocenters. The number of hydrogen-bond donors (Lipinski definition) is 1. The molecule has 16 heavy (non-hydrogen) atoms. The first kappa shape index (κ1) is 12.3. The molecule has 0 unspecified atom stereocenters. The lowest BCUT2D eigenvalue weighted by atomic mass is 10.3. The Balaban J connectivity index is 2.83. The number of carboxylic acids is 1. The van der Waals surface area contributed by atoms with Crippen molar-refractivity contribution < 1.29 is 23.1 Å². The predicted molar refractivity (Wildman–Crippen MR) is 50.1 cm³/mol. The molecule has 0 bridgehead atoms. The molecule has 0 fully saturated rings. The van der Waals surface area contributed by atoms with E-state index in [1.54, 1.807) is 0 Å². The fourth-order valence-electron chi connectivity index (χ4n) is 1.06. The van der Waals surface area contributed by atoms with Crippen molar-refractivity contribution in [2.24, 2.45) is 0 Å². The Morgan fingerprint density at radius 2 is 2.12 bits per heavy atom.